The maximum Gasteiger partial charge on any atom is 0.226 e. The van der Waals surface area contributed by atoms with E-state index in [9.17, 15) is 9.90 Å². The Bertz CT molecular complexity index is 455. The highest BCUT2D eigenvalue weighted by Gasteiger charge is 2.21. The van der Waals surface area contributed by atoms with E-state index in [-0.39, 0.29) is 12.0 Å². The summed E-state index contributed by atoms with van der Waals surface area (Å²) in [4.78, 5) is 13.8. The molecule has 0 unspecified atom stereocenters. The second-order valence-corrected chi connectivity index (χ2v) is 5.09. The van der Waals surface area contributed by atoms with Crippen molar-refractivity contribution in [1.29, 1.82) is 0 Å². The number of carbonyl (C=O) groups excluding carboxylic acids is 1. The molecule has 1 aromatic carbocycles. The standard InChI is InChI=1S/C16H23NO4/c1-2-20-14-5-3-4-6-15(14)21-12-9-16(19)17-10-7-13(18)8-11-17/h3-6,13,18H,2,7-12H2,1H3. The van der Waals surface area contributed by atoms with E-state index in [1.54, 1.807) is 4.90 Å². The predicted octanol–water partition coefficient (Wildman–Crippen LogP) is 1.84. The zero-order chi connectivity index (χ0) is 15.1. The third-order valence-electron chi connectivity index (χ3n) is 3.54. The van der Waals surface area contributed by atoms with Gasteiger partial charge in [-0.25, -0.2) is 0 Å². The van der Waals surface area contributed by atoms with Crippen molar-refractivity contribution >= 4 is 5.91 Å². The van der Waals surface area contributed by atoms with Crippen molar-refractivity contribution in [2.24, 2.45) is 0 Å². The number of aliphatic hydroxyl groups excluding tert-OH is 1. The molecule has 1 aromatic rings. The van der Waals surface area contributed by atoms with Crippen molar-refractivity contribution < 1.29 is 19.4 Å². The third kappa shape index (κ3) is 4.63. The third-order valence-corrected chi connectivity index (χ3v) is 3.54. The number of ether oxygens (including phenoxy) is 2. The van der Waals surface area contributed by atoms with Crippen molar-refractivity contribution in [3.05, 3.63) is 24.3 Å². The van der Waals surface area contributed by atoms with Crippen LogP contribution in [-0.4, -0.2) is 48.3 Å². The van der Waals surface area contributed by atoms with Crippen LogP contribution in [0, 0.1) is 0 Å². The molecule has 1 aliphatic rings. The first-order valence-electron chi connectivity index (χ1n) is 7.51. The van der Waals surface area contributed by atoms with E-state index in [0.29, 0.717) is 57.1 Å². The van der Waals surface area contributed by atoms with E-state index in [1.165, 1.54) is 0 Å². The fourth-order valence-electron chi connectivity index (χ4n) is 2.37. The van der Waals surface area contributed by atoms with E-state index in [2.05, 4.69) is 0 Å². The van der Waals surface area contributed by atoms with Gasteiger partial charge in [-0.2, -0.15) is 0 Å². The van der Waals surface area contributed by atoms with Crippen LogP contribution in [0.3, 0.4) is 0 Å². The minimum Gasteiger partial charge on any atom is -0.490 e. The van der Waals surface area contributed by atoms with Crippen molar-refractivity contribution in [2.75, 3.05) is 26.3 Å². The monoisotopic (exact) mass is 293 g/mol. The molecule has 21 heavy (non-hydrogen) atoms. The summed E-state index contributed by atoms with van der Waals surface area (Å²) in [6, 6.07) is 7.47. The summed E-state index contributed by atoms with van der Waals surface area (Å²) >= 11 is 0. The Labute approximate surface area is 125 Å². The smallest absolute Gasteiger partial charge is 0.226 e. The summed E-state index contributed by atoms with van der Waals surface area (Å²) in [7, 11) is 0. The lowest BCUT2D eigenvalue weighted by Crippen LogP contribution is -2.40. The summed E-state index contributed by atoms with van der Waals surface area (Å²) in [5.74, 6) is 1.45. The van der Waals surface area contributed by atoms with Gasteiger partial charge in [-0.05, 0) is 31.9 Å². The number of aliphatic hydroxyl groups is 1. The Morgan fingerprint density at radius 1 is 1.24 bits per heavy atom. The molecule has 0 spiro atoms. The Balaban J connectivity index is 1.77. The van der Waals surface area contributed by atoms with Gasteiger partial charge in [0.1, 0.15) is 0 Å². The number of nitrogens with zero attached hydrogens (tertiary/aromatic N) is 1. The number of piperidine rings is 1. The first-order valence-corrected chi connectivity index (χ1v) is 7.51. The molecule has 5 heteroatoms. The molecule has 1 aliphatic heterocycles. The Kier molecular flexibility index (Phi) is 5.87. The molecule has 5 nitrogen and oxygen atoms in total. The number of hydrogen-bond donors (Lipinski definition) is 1. The van der Waals surface area contributed by atoms with E-state index in [4.69, 9.17) is 9.47 Å². The molecular formula is C16H23NO4. The Hall–Kier alpha value is -1.75. The molecule has 1 saturated heterocycles. The van der Waals surface area contributed by atoms with Crippen LogP contribution in [0.2, 0.25) is 0 Å². The van der Waals surface area contributed by atoms with Crippen molar-refractivity contribution in [2.45, 2.75) is 32.3 Å². The predicted molar refractivity (Wildman–Crippen MR) is 79.5 cm³/mol. The molecular weight excluding hydrogens is 270 g/mol. The summed E-state index contributed by atoms with van der Waals surface area (Å²) in [6.07, 6.45) is 1.42. The zero-order valence-electron chi connectivity index (χ0n) is 12.5. The van der Waals surface area contributed by atoms with Gasteiger partial charge >= 0.3 is 0 Å². The van der Waals surface area contributed by atoms with Crippen LogP contribution in [0.1, 0.15) is 26.2 Å². The van der Waals surface area contributed by atoms with Gasteiger partial charge in [0.15, 0.2) is 11.5 Å². The molecule has 1 N–H and O–H groups in total. The van der Waals surface area contributed by atoms with Gasteiger partial charge in [-0.1, -0.05) is 12.1 Å². The number of carbonyl (C=O) groups is 1. The second kappa shape index (κ2) is 7.88. The highest BCUT2D eigenvalue weighted by atomic mass is 16.5. The zero-order valence-corrected chi connectivity index (χ0v) is 12.5. The lowest BCUT2D eigenvalue weighted by Gasteiger charge is -2.29. The van der Waals surface area contributed by atoms with Gasteiger partial charge in [-0.3, -0.25) is 4.79 Å². The van der Waals surface area contributed by atoms with Crippen LogP contribution < -0.4 is 9.47 Å². The van der Waals surface area contributed by atoms with Gasteiger partial charge in [-0.15, -0.1) is 0 Å². The molecule has 0 saturated carbocycles. The maximum atomic E-state index is 12.0. The molecule has 116 valence electrons. The molecule has 0 bridgehead atoms. The first kappa shape index (κ1) is 15.6. The molecule has 1 heterocycles. The Morgan fingerprint density at radius 2 is 1.86 bits per heavy atom. The van der Waals surface area contributed by atoms with Crippen LogP contribution in [0.4, 0.5) is 0 Å². The minimum absolute atomic E-state index is 0.0794. The SMILES string of the molecule is CCOc1ccccc1OCCC(=O)N1CCC(O)CC1. The number of rotatable bonds is 6. The van der Waals surface area contributed by atoms with Crippen LogP contribution in [-0.2, 0) is 4.79 Å². The fraction of sp³-hybridized carbons (Fsp3) is 0.562. The normalized spacial score (nSPS) is 15.8. The van der Waals surface area contributed by atoms with E-state index in [0.717, 1.165) is 0 Å². The average Bonchev–Trinajstić information content (AvgIpc) is 2.50. The van der Waals surface area contributed by atoms with Gasteiger partial charge in [0.05, 0.1) is 25.7 Å². The highest BCUT2D eigenvalue weighted by molar-refractivity contribution is 5.76. The summed E-state index contributed by atoms with van der Waals surface area (Å²) in [5, 5.41) is 9.44. The molecule has 0 aromatic heterocycles. The van der Waals surface area contributed by atoms with Crippen LogP contribution in [0.5, 0.6) is 11.5 Å². The van der Waals surface area contributed by atoms with Gasteiger partial charge < -0.3 is 19.5 Å². The summed E-state index contributed by atoms with van der Waals surface area (Å²) < 4.78 is 11.1. The summed E-state index contributed by atoms with van der Waals surface area (Å²) in [5.41, 5.74) is 0. The van der Waals surface area contributed by atoms with Crippen molar-refractivity contribution in [1.82, 2.24) is 4.90 Å². The van der Waals surface area contributed by atoms with Gasteiger partial charge in [0.2, 0.25) is 5.91 Å². The lowest BCUT2D eigenvalue weighted by molar-refractivity contribution is -0.133. The number of benzene rings is 1. The van der Waals surface area contributed by atoms with Gasteiger partial charge in [0.25, 0.3) is 0 Å². The second-order valence-electron chi connectivity index (χ2n) is 5.09. The molecule has 0 atom stereocenters. The first-order chi connectivity index (χ1) is 10.2. The number of likely N-dealkylation sites (tertiary alicyclic amines) is 1. The molecule has 0 radical (unpaired) electrons. The van der Waals surface area contributed by atoms with Crippen LogP contribution in [0.25, 0.3) is 0 Å². The van der Waals surface area contributed by atoms with Crippen molar-refractivity contribution in [3.8, 4) is 11.5 Å². The maximum absolute atomic E-state index is 12.0. The molecule has 1 fully saturated rings. The lowest BCUT2D eigenvalue weighted by atomic mass is 10.1. The van der Waals surface area contributed by atoms with Crippen molar-refractivity contribution in [3.63, 3.8) is 0 Å². The number of para-hydroxylation sites is 2. The van der Waals surface area contributed by atoms with Crippen LogP contribution in [0.15, 0.2) is 24.3 Å². The van der Waals surface area contributed by atoms with E-state index >= 15 is 0 Å². The van der Waals surface area contributed by atoms with E-state index in [1.807, 2.05) is 31.2 Å². The molecule has 2 rings (SSSR count). The Morgan fingerprint density at radius 3 is 2.48 bits per heavy atom. The molecule has 1 amide bonds. The number of hydrogen-bond acceptors (Lipinski definition) is 4. The fourth-order valence-corrected chi connectivity index (χ4v) is 2.37. The van der Waals surface area contributed by atoms with E-state index < -0.39 is 0 Å². The topological polar surface area (TPSA) is 59.0 Å². The molecule has 0 aliphatic carbocycles. The van der Waals surface area contributed by atoms with Gasteiger partial charge in [0, 0.05) is 13.1 Å². The quantitative estimate of drug-likeness (QED) is 0.869. The minimum atomic E-state index is -0.261. The number of amides is 1. The van der Waals surface area contributed by atoms with Crippen LogP contribution >= 0.6 is 0 Å². The average molecular weight is 293 g/mol. The largest absolute Gasteiger partial charge is 0.490 e. The summed E-state index contributed by atoms with van der Waals surface area (Å²) in [6.45, 7) is 4.10. The highest BCUT2D eigenvalue weighted by Crippen LogP contribution is 2.26.